The van der Waals surface area contributed by atoms with Crippen molar-refractivity contribution in [1.29, 1.82) is 0 Å². The fraction of sp³-hybridized carbons (Fsp3) is 0.667. The third kappa shape index (κ3) is 4.08. The standard InChI is InChI=1S/C9H14Cl2N4O/c1-2-3-6(4-5-16)12-8-7(10)14-15-9(11)13-8/h6,16H,2-5H2,1H3,(H,12,13,15)/t6-/m0/s1. The van der Waals surface area contributed by atoms with Gasteiger partial charge in [0.1, 0.15) is 0 Å². The molecule has 0 aromatic carbocycles. The lowest BCUT2D eigenvalue weighted by atomic mass is 10.1. The largest absolute Gasteiger partial charge is 0.396 e. The Morgan fingerprint density at radius 2 is 2.06 bits per heavy atom. The molecule has 0 saturated carbocycles. The predicted molar refractivity (Wildman–Crippen MR) is 63.9 cm³/mol. The summed E-state index contributed by atoms with van der Waals surface area (Å²) in [6.45, 7) is 2.18. The molecule has 5 nitrogen and oxygen atoms in total. The second-order valence-corrected chi connectivity index (χ2v) is 4.06. The van der Waals surface area contributed by atoms with Gasteiger partial charge in [-0.2, -0.15) is 4.98 Å². The Balaban J connectivity index is 2.71. The van der Waals surface area contributed by atoms with Crippen molar-refractivity contribution in [3.8, 4) is 0 Å². The molecular weight excluding hydrogens is 251 g/mol. The van der Waals surface area contributed by atoms with E-state index < -0.39 is 0 Å². The van der Waals surface area contributed by atoms with Gasteiger partial charge in [0, 0.05) is 12.6 Å². The second kappa shape index (κ2) is 6.83. The first-order chi connectivity index (χ1) is 7.67. The number of hydrogen-bond donors (Lipinski definition) is 2. The van der Waals surface area contributed by atoms with Gasteiger partial charge in [-0.25, -0.2) is 0 Å². The summed E-state index contributed by atoms with van der Waals surface area (Å²) in [5, 5.41) is 19.4. The smallest absolute Gasteiger partial charge is 0.245 e. The number of hydrogen-bond acceptors (Lipinski definition) is 5. The Bertz CT molecular complexity index is 331. The van der Waals surface area contributed by atoms with Gasteiger partial charge in [-0.3, -0.25) is 0 Å². The molecule has 0 amide bonds. The lowest BCUT2D eigenvalue weighted by Gasteiger charge is -2.17. The number of anilines is 1. The molecule has 0 radical (unpaired) electrons. The van der Waals surface area contributed by atoms with Gasteiger partial charge in [0.2, 0.25) is 5.28 Å². The minimum absolute atomic E-state index is 0.0474. The Labute approximate surface area is 104 Å². The van der Waals surface area contributed by atoms with Gasteiger partial charge in [0.15, 0.2) is 11.0 Å². The number of aromatic nitrogens is 3. The van der Waals surface area contributed by atoms with Crippen molar-refractivity contribution in [2.24, 2.45) is 0 Å². The van der Waals surface area contributed by atoms with E-state index in [-0.39, 0.29) is 23.1 Å². The Morgan fingerprint density at radius 1 is 1.31 bits per heavy atom. The van der Waals surface area contributed by atoms with Crippen molar-refractivity contribution in [2.45, 2.75) is 32.2 Å². The molecule has 0 fully saturated rings. The molecule has 0 aliphatic heterocycles. The molecule has 0 unspecified atom stereocenters. The lowest BCUT2D eigenvalue weighted by molar-refractivity contribution is 0.276. The Hall–Kier alpha value is -0.650. The van der Waals surface area contributed by atoms with Crippen molar-refractivity contribution >= 4 is 29.0 Å². The molecule has 1 atom stereocenters. The van der Waals surface area contributed by atoms with Gasteiger partial charge in [0.05, 0.1) is 0 Å². The van der Waals surface area contributed by atoms with E-state index in [0.717, 1.165) is 12.8 Å². The van der Waals surface area contributed by atoms with E-state index in [2.05, 4.69) is 27.4 Å². The average molecular weight is 265 g/mol. The van der Waals surface area contributed by atoms with E-state index in [0.29, 0.717) is 12.2 Å². The second-order valence-electron chi connectivity index (χ2n) is 3.36. The molecule has 1 heterocycles. The highest BCUT2D eigenvalue weighted by Crippen LogP contribution is 2.19. The zero-order valence-corrected chi connectivity index (χ0v) is 10.5. The van der Waals surface area contributed by atoms with E-state index >= 15 is 0 Å². The number of rotatable bonds is 6. The molecule has 1 rings (SSSR count). The zero-order chi connectivity index (χ0) is 12.0. The van der Waals surface area contributed by atoms with Crippen LogP contribution in [-0.4, -0.2) is 32.9 Å². The summed E-state index contributed by atoms with van der Waals surface area (Å²) in [4.78, 5) is 3.94. The summed E-state index contributed by atoms with van der Waals surface area (Å²) in [7, 11) is 0. The third-order valence-electron chi connectivity index (χ3n) is 2.08. The van der Waals surface area contributed by atoms with Crippen molar-refractivity contribution < 1.29 is 5.11 Å². The summed E-state index contributed by atoms with van der Waals surface area (Å²) in [6, 6.07) is 0.111. The molecule has 0 aliphatic rings. The highest BCUT2D eigenvalue weighted by atomic mass is 35.5. The summed E-state index contributed by atoms with van der Waals surface area (Å²) in [6.07, 6.45) is 2.55. The fourth-order valence-electron chi connectivity index (χ4n) is 1.37. The molecule has 0 spiro atoms. The zero-order valence-electron chi connectivity index (χ0n) is 8.95. The normalized spacial score (nSPS) is 12.5. The van der Waals surface area contributed by atoms with Crippen LogP contribution in [0.2, 0.25) is 10.4 Å². The highest BCUT2D eigenvalue weighted by molar-refractivity contribution is 6.32. The van der Waals surface area contributed by atoms with Crippen molar-refractivity contribution in [1.82, 2.24) is 15.2 Å². The number of nitrogens with one attached hydrogen (secondary N) is 1. The van der Waals surface area contributed by atoms with E-state index in [1.54, 1.807) is 0 Å². The van der Waals surface area contributed by atoms with Crippen molar-refractivity contribution in [3.05, 3.63) is 10.4 Å². The highest BCUT2D eigenvalue weighted by Gasteiger charge is 2.12. The minimum Gasteiger partial charge on any atom is -0.396 e. The van der Waals surface area contributed by atoms with E-state index in [1.807, 2.05) is 0 Å². The van der Waals surface area contributed by atoms with Crippen LogP contribution in [0.3, 0.4) is 0 Å². The van der Waals surface area contributed by atoms with E-state index in [4.69, 9.17) is 28.3 Å². The molecule has 1 aromatic rings. The summed E-state index contributed by atoms with van der Waals surface area (Å²) in [5.74, 6) is 0.411. The first kappa shape index (κ1) is 13.4. The SMILES string of the molecule is CCC[C@@H](CCO)Nc1nc(Cl)nnc1Cl. The average Bonchev–Trinajstić information content (AvgIpc) is 2.24. The summed E-state index contributed by atoms with van der Waals surface area (Å²) >= 11 is 11.4. The minimum atomic E-state index is 0.0474. The molecule has 2 N–H and O–H groups in total. The maximum atomic E-state index is 8.92. The van der Waals surface area contributed by atoms with Crippen LogP contribution in [0.5, 0.6) is 0 Å². The van der Waals surface area contributed by atoms with Gasteiger partial charge in [-0.1, -0.05) is 24.9 Å². The van der Waals surface area contributed by atoms with Crippen LogP contribution < -0.4 is 5.32 Å². The number of halogens is 2. The predicted octanol–water partition coefficient (Wildman–Crippen LogP) is 2.14. The molecule has 16 heavy (non-hydrogen) atoms. The molecule has 1 aromatic heterocycles. The Kier molecular flexibility index (Phi) is 5.73. The molecule has 90 valence electrons. The van der Waals surface area contributed by atoms with Gasteiger partial charge in [0.25, 0.3) is 0 Å². The van der Waals surface area contributed by atoms with Crippen LogP contribution in [0.4, 0.5) is 5.82 Å². The van der Waals surface area contributed by atoms with Gasteiger partial charge >= 0.3 is 0 Å². The number of nitrogens with zero attached hydrogens (tertiary/aromatic N) is 3. The summed E-state index contributed by atoms with van der Waals surface area (Å²) < 4.78 is 0. The molecule has 0 saturated heterocycles. The van der Waals surface area contributed by atoms with Crippen LogP contribution >= 0.6 is 23.2 Å². The van der Waals surface area contributed by atoms with E-state index in [9.17, 15) is 0 Å². The molecule has 0 bridgehead atoms. The van der Waals surface area contributed by atoms with Gasteiger partial charge in [-0.05, 0) is 24.4 Å². The summed E-state index contributed by atoms with van der Waals surface area (Å²) in [5.41, 5.74) is 0. The molecule has 7 heteroatoms. The van der Waals surface area contributed by atoms with Gasteiger partial charge < -0.3 is 10.4 Å². The topological polar surface area (TPSA) is 70.9 Å². The number of aliphatic hydroxyl groups excluding tert-OH is 1. The van der Waals surface area contributed by atoms with Crippen LogP contribution in [0.1, 0.15) is 26.2 Å². The van der Waals surface area contributed by atoms with Crippen molar-refractivity contribution in [2.75, 3.05) is 11.9 Å². The monoisotopic (exact) mass is 264 g/mol. The fourth-order valence-corrected chi connectivity index (χ4v) is 1.63. The van der Waals surface area contributed by atoms with Gasteiger partial charge in [-0.15, -0.1) is 10.2 Å². The van der Waals surface area contributed by atoms with E-state index in [1.165, 1.54) is 0 Å². The number of aliphatic hydroxyl groups is 1. The maximum absolute atomic E-state index is 8.92. The Morgan fingerprint density at radius 3 is 2.69 bits per heavy atom. The van der Waals surface area contributed by atoms with Crippen LogP contribution in [0, 0.1) is 0 Å². The van der Waals surface area contributed by atoms with Crippen LogP contribution in [0.25, 0.3) is 0 Å². The van der Waals surface area contributed by atoms with Crippen LogP contribution in [-0.2, 0) is 0 Å². The quantitative estimate of drug-likeness (QED) is 0.824. The first-order valence-corrected chi connectivity index (χ1v) is 5.86. The maximum Gasteiger partial charge on any atom is 0.245 e. The molecular formula is C9H14Cl2N4O. The lowest BCUT2D eigenvalue weighted by Crippen LogP contribution is -2.22. The first-order valence-electron chi connectivity index (χ1n) is 5.10. The van der Waals surface area contributed by atoms with Crippen LogP contribution in [0.15, 0.2) is 0 Å². The third-order valence-corrected chi connectivity index (χ3v) is 2.49. The molecule has 0 aliphatic carbocycles. The van der Waals surface area contributed by atoms with Crippen molar-refractivity contribution in [3.63, 3.8) is 0 Å².